The second-order valence-electron chi connectivity index (χ2n) is 5.80. The molecule has 0 aromatic carbocycles. The normalized spacial score (nSPS) is 35.8. The fourth-order valence-electron chi connectivity index (χ4n) is 2.55. The quantitative estimate of drug-likeness (QED) is 0.763. The fourth-order valence-corrected chi connectivity index (χ4v) is 2.55. The summed E-state index contributed by atoms with van der Waals surface area (Å²) >= 11 is 0. The minimum absolute atomic E-state index is 0.0741. The number of amides is 1. The monoisotopic (exact) mass is 225 g/mol. The van der Waals surface area contributed by atoms with Gasteiger partial charge in [0.05, 0.1) is 5.92 Å². The van der Waals surface area contributed by atoms with Gasteiger partial charge in [-0.3, -0.25) is 9.59 Å². The molecule has 16 heavy (non-hydrogen) atoms. The lowest BCUT2D eigenvalue weighted by atomic mass is 10.1. The molecule has 0 heterocycles. The number of hydrogen-bond donors (Lipinski definition) is 2. The third-order valence-corrected chi connectivity index (χ3v) is 3.96. The molecule has 1 amide bonds. The molecule has 3 atom stereocenters. The highest BCUT2D eigenvalue weighted by Gasteiger charge is 2.51. The lowest BCUT2D eigenvalue weighted by Gasteiger charge is -2.13. The zero-order valence-corrected chi connectivity index (χ0v) is 9.82. The van der Waals surface area contributed by atoms with Gasteiger partial charge in [0.15, 0.2) is 0 Å². The van der Waals surface area contributed by atoms with E-state index in [9.17, 15) is 9.59 Å². The van der Waals surface area contributed by atoms with Crippen LogP contribution in [0.25, 0.3) is 0 Å². The van der Waals surface area contributed by atoms with Crippen LogP contribution in [0.15, 0.2) is 0 Å². The summed E-state index contributed by atoms with van der Waals surface area (Å²) in [5, 5.41) is 11.8. The van der Waals surface area contributed by atoms with Gasteiger partial charge < -0.3 is 10.4 Å². The summed E-state index contributed by atoms with van der Waals surface area (Å²) < 4.78 is 0. The van der Waals surface area contributed by atoms with Gasteiger partial charge in [0, 0.05) is 12.0 Å². The summed E-state index contributed by atoms with van der Waals surface area (Å²) in [6, 6.07) is 0.0741. The van der Waals surface area contributed by atoms with Crippen molar-refractivity contribution >= 4 is 11.9 Å². The molecule has 0 aromatic heterocycles. The summed E-state index contributed by atoms with van der Waals surface area (Å²) in [5.74, 6) is -0.751. The first-order valence-corrected chi connectivity index (χ1v) is 5.93. The van der Waals surface area contributed by atoms with Crippen LogP contribution < -0.4 is 5.32 Å². The fraction of sp³-hybridized carbons (Fsp3) is 0.833. The molecule has 2 rings (SSSR count). The van der Waals surface area contributed by atoms with E-state index >= 15 is 0 Å². The maximum Gasteiger partial charge on any atom is 0.306 e. The van der Waals surface area contributed by atoms with Gasteiger partial charge in [-0.15, -0.1) is 0 Å². The zero-order chi connectivity index (χ0) is 11.9. The van der Waals surface area contributed by atoms with Crippen LogP contribution in [0.5, 0.6) is 0 Å². The van der Waals surface area contributed by atoms with E-state index in [1.807, 2.05) is 0 Å². The number of aliphatic carboxylic acids is 1. The van der Waals surface area contributed by atoms with Crippen LogP contribution >= 0.6 is 0 Å². The maximum absolute atomic E-state index is 11.8. The van der Waals surface area contributed by atoms with Gasteiger partial charge in [-0.2, -0.15) is 0 Å². The number of carboxylic acid groups (broad SMARTS) is 1. The highest BCUT2D eigenvalue weighted by Crippen LogP contribution is 2.51. The molecule has 4 nitrogen and oxygen atoms in total. The Morgan fingerprint density at radius 2 is 1.94 bits per heavy atom. The van der Waals surface area contributed by atoms with Crippen LogP contribution in [0.1, 0.15) is 39.5 Å². The molecular weight excluding hydrogens is 206 g/mol. The van der Waals surface area contributed by atoms with Crippen molar-refractivity contribution in [2.24, 2.45) is 17.3 Å². The first-order chi connectivity index (χ1) is 7.40. The Bertz CT molecular complexity index is 324. The SMILES string of the molecule is CC1(C)CC1C(=O)NC1CCC(C(=O)O)C1. The van der Waals surface area contributed by atoms with Crippen molar-refractivity contribution < 1.29 is 14.7 Å². The maximum atomic E-state index is 11.8. The molecule has 3 unspecified atom stereocenters. The van der Waals surface area contributed by atoms with Crippen molar-refractivity contribution in [1.29, 1.82) is 0 Å². The van der Waals surface area contributed by atoms with Crippen molar-refractivity contribution in [2.75, 3.05) is 0 Å². The van der Waals surface area contributed by atoms with Gasteiger partial charge >= 0.3 is 5.97 Å². The second kappa shape index (κ2) is 3.75. The molecule has 0 spiro atoms. The van der Waals surface area contributed by atoms with Crippen LogP contribution in [0.3, 0.4) is 0 Å². The number of nitrogens with one attached hydrogen (secondary N) is 1. The van der Waals surface area contributed by atoms with E-state index in [0.717, 1.165) is 12.8 Å². The molecule has 90 valence electrons. The van der Waals surface area contributed by atoms with E-state index < -0.39 is 5.97 Å². The molecule has 0 bridgehead atoms. The molecule has 0 aliphatic heterocycles. The Kier molecular flexibility index (Phi) is 2.68. The average Bonchev–Trinajstić information content (AvgIpc) is 2.62. The Labute approximate surface area is 95.4 Å². The summed E-state index contributed by atoms with van der Waals surface area (Å²) in [7, 11) is 0. The smallest absolute Gasteiger partial charge is 0.306 e. The molecule has 0 radical (unpaired) electrons. The topological polar surface area (TPSA) is 66.4 Å². The van der Waals surface area contributed by atoms with Crippen LogP contribution in [-0.4, -0.2) is 23.0 Å². The first-order valence-electron chi connectivity index (χ1n) is 5.93. The standard InChI is InChI=1S/C12H19NO3/c1-12(2)6-9(12)10(14)13-8-4-3-7(5-8)11(15)16/h7-9H,3-6H2,1-2H3,(H,13,14)(H,15,16). The van der Waals surface area contributed by atoms with Gasteiger partial charge in [0.25, 0.3) is 0 Å². The van der Waals surface area contributed by atoms with Crippen molar-refractivity contribution in [3.63, 3.8) is 0 Å². The predicted octanol–water partition coefficient (Wildman–Crippen LogP) is 1.40. The van der Waals surface area contributed by atoms with Gasteiger partial charge in [-0.1, -0.05) is 13.8 Å². The Hall–Kier alpha value is -1.06. The largest absolute Gasteiger partial charge is 0.481 e. The molecule has 2 aliphatic rings. The molecule has 0 aromatic rings. The van der Waals surface area contributed by atoms with Crippen LogP contribution in [-0.2, 0) is 9.59 Å². The van der Waals surface area contributed by atoms with Crippen LogP contribution in [0, 0.1) is 17.3 Å². The predicted molar refractivity (Wildman–Crippen MR) is 58.8 cm³/mol. The zero-order valence-electron chi connectivity index (χ0n) is 9.82. The lowest BCUT2D eigenvalue weighted by molar-refractivity contribution is -0.141. The number of carbonyl (C=O) groups is 2. The van der Waals surface area contributed by atoms with E-state index in [1.165, 1.54) is 0 Å². The third kappa shape index (κ3) is 2.20. The average molecular weight is 225 g/mol. The van der Waals surface area contributed by atoms with Gasteiger partial charge in [-0.25, -0.2) is 0 Å². The Morgan fingerprint density at radius 1 is 1.31 bits per heavy atom. The van der Waals surface area contributed by atoms with E-state index in [-0.39, 0.29) is 29.2 Å². The van der Waals surface area contributed by atoms with Gasteiger partial charge in [-0.05, 0) is 31.1 Å². The molecule has 0 saturated heterocycles. The summed E-state index contributed by atoms with van der Waals surface area (Å²) in [6.45, 7) is 4.18. The van der Waals surface area contributed by atoms with Crippen molar-refractivity contribution in [3.05, 3.63) is 0 Å². The summed E-state index contributed by atoms with van der Waals surface area (Å²) in [6.07, 6.45) is 3.03. The van der Waals surface area contributed by atoms with Crippen LogP contribution in [0.2, 0.25) is 0 Å². The molecule has 2 aliphatic carbocycles. The summed E-state index contributed by atoms with van der Waals surface area (Å²) in [4.78, 5) is 22.6. The minimum Gasteiger partial charge on any atom is -0.481 e. The van der Waals surface area contributed by atoms with Crippen LogP contribution in [0.4, 0.5) is 0 Å². The Morgan fingerprint density at radius 3 is 2.38 bits per heavy atom. The first kappa shape index (κ1) is 11.4. The van der Waals surface area contributed by atoms with E-state index in [0.29, 0.717) is 12.8 Å². The minimum atomic E-state index is -0.733. The molecule has 2 fully saturated rings. The number of hydrogen-bond acceptors (Lipinski definition) is 2. The third-order valence-electron chi connectivity index (χ3n) is 3.96. The highest BCUT2D eigenvalue weighted by molar-refractivity contribution is 5.82. The molecule has 2 N–H and O–H groups in total. The van der Waals surface area contributed by atoms with Crippen molar-refractivity contribution in [3.8, 4) is 0 Å². The van der Waals surface area contributed by atoms with E-state index in [4.69, 9.17) is 5.11 Å². The second-order valence-corrected chi connectivity index (χ2v) is 5.80. The lowest BCUT2D eigenvalue weighted by Crippen LogP contribution is -2.35. The van der Waals surface area contributed by atoms with Gasteiger partial charge in [0.2, 0.25) is 5.91 Å². The summed E-state index contributed by atoms with van der Waals surface area (Å²) in [5.41, 5.74) is 0.148. The van der Waals surface area contributed by atoms with E-state index in [1.54, 1.807) is 0 Å². The number of carbonyl (C=O) groups excluding carboxylic acids is 1. The number of rotatable bonds is 3. The molecule has 4 heteroatoms. The highest BCUT2D eigenvalue weighted by atomic mass is 16.4. The van der Waals surface area contributed by atoms with E-state index in [2.05, 4.69) is 19.2 Å². The van der Waals surface area contributed by atoms with Crippen molar-refractivity contribution in [2.45, 2.75) is 45.6 Å². The van der Waals surface area contributed by atoms with Gasteiger partial charge in [0.1, 0.15) is 0 Å². The van der Waals surface area contributed by atoms with Crippen molar-refractivity contribution in [1.82, 2.24) is 5.32 Å². The molecular formula is C12H19NO3. The number of carboxylic acids is 1. The molecule has 2 saturated carbocycles. The Balaban J connectivity index is 1.80.